The van der Waals surface area contributed by atoms with Crippen LogP contribution in [0.2, 0.25) is 0 Å². The van der Waals surface area contributed by atoms with Gasteiger partial charge in [0.05, 0.1) is 19.9 Å². The number of anilines is 1. The second kappa shape index (κ2) is 7.14. The van der Waals surface area contributed by atoms with E-state index in [2.05, 4.69) is 5.32 Å². The number of benzene rings is 1. The number of aromatic nitrogens is 2. The van der Waals surface area contributed by atoms with Crippen molar-refractivity contribution in [2.24, 2.45) is 7.05 Å². The van der Waals surface area contributed by atoms with E-state index in [0.717, 1.165) is 4.57 Å². The summed E-state index contributed by atoms with van der Waals surface area (Å²) in [6.07, 6.45) is 2.31. The molecule has 1 aromatic carbocycles. The second-order valence-corrected chi connectivity index (χ2v) is 6.15. The Labute approximate surface area is 155 Å². The number of ketones is 1. The van der Waals surface area contributed by atoms with Gasteiger partial charge in [0.25, 0.3) is 5.56 Å². The molecule has 0 amide bonds. The fourth-order valence-electron chi connectivity index (χ4n) is 3.06. The van der Waals surface area contributed by atoms with E-state index in [9.17, 15) is 14.4 Å². The Morgan fingerprint density at radius 1 is 1.11 bits per heavy atom. The number of carbonyl (C=O) groups excluding carboxylic acids is 1. The van der Waals surface area contributed by atoms with Gasteiger partial charge in [-0.15, -0.1) is 0 Å². The summed E-state index contributed by atoms with van der Waals surface area (Å²) in [4.78, 5) is 37.6. The summed E-state index contributed by atoms with van der Waals surface area (Å²) >= 11 is 0. The van der Waals surface area contributed by atoms with Crippen molar-refractivity contribution in [3.05, 3.63) is 55.9 Å². The maximum absolute atomic E-state index is 12.8. The topological polar surface area (TPSA) is 91.6 Å². The van der Waals surface area contributed by atoms with Crippen molar-refractivity contribution in [3.8, 4) is 11.5 Å². The Hall–Kier alpha value is -3.29. The van der Waals surface area contributed by atoms with E-state index < -0.39 is 17.0 Å². The Kier molecular flexibility index (Phi) is 4.89. The Morgan fingerprint density at radius 3 is 2.44 bits per heavy atom. The lowest BCUT2D eigenvalue weighted by atomic mass is 10.1. The maximum atomic E-state index is 12.8. The number of hydrogen-bond donors (Lipinski definition) is 1. The fraction of sp³-hybridized carbons (Fsp3) is 0.316. The van der Waals surface area contributed by atoms with Crippen LogP contribution in [0.5, 0.6) is 11.5 Å². The number of allylic oxidation sites excluding steroid dienone is 1. The molecule has 1 aliphatic heterocycles. The molecule has 3 rings (SSSR count). The molecule has 0 spiro atoms. The van der Waals surface area contributed by atoms with E-state index in [1.165, 1.54) is 25.8 Å². The SMILES string of the molecule is CCCn1c2c(c(=O)n(C)c1=O)C(=O)/C(=C/c1ccc(OC)c(OC)c1)N2. The highest BCUT2D eigenvalue weighted by Gasteiger charge is 2.32. The Balaban J connectivity index is 2.11. The standard InChI is InChI=1S/C19H21N3O5/c1-5-8-22-17-15(18(24)21(2)19(22)25)16(23)12(20-17)9-11-6-7-13(26-3)14(10-11)27-4/h6-7,9-10,20H,5,8H2,1-4H3/b12-9-. The summed E-state index contributed by atoms with van der Waals surface area (Å²) in [5.41, 5.74) is -0.150. The van der Waals surface area contributed by atoms with E-state index in [0.29, 0.717) is 30.0 Å². The molecular weight excluding hydrogens is 350 g/mol. The Bertz CT molecular complexity index is 1060. The second-order valence-electron chi connectivity index (χ2n) is 6.15. The number of hydrogen-bond acceptors (Lipinski definition) is 6. The molecule has 8 heteroatoms. The first-order chi connectivity index (χ1) is 12.9. The zero-order valence-electron chi connectivity index (χ0n) is 15.7. The van der Waals surface area contributed by atoms with Crippen LogP contribution in [0.3, 0.4) is 0 Å². The van der Waals surface area contributed by atoms with Crippen LogP contribution in [0.4, 0.5) is 5.82 Å². The zero-order chi connectivity index (χ0) is 19.7. The molecule has 1 N–H and O–H groups in total. The van der Waals surface area contributed by atoms with Crippen LogP contribution in [0.1, 0.15) is 29.3 Å². The van der Waals surface area contributed by atoms with Gasteiger partial charge < -0.3 is 14.8 Å². The summed E-state index contributed by atoms with van der Waals surface area (Å²) in [6, 6.07) is 5.22. The normalized spacial score (nSPS) is 14.2. The molecule has 0 unspecified atom stereocenters. The summed E-state index contributed by atoms with van der Waals surface area (Å²) in [6.45, 7) is 2.32. The minimum atomic E-state index is -0.601. The number of carbonyl (C=O) groups is 1. The minimum Gasteiger partial charge on any atom is -0.493 e. The van der Waals surface area contributed by atoms with Gasteiger partial charge in [-0.25, -0.2) is 4.79 Å². The van der Waals surface area contributed by atoms with Crippen molar-refractivity contribution in [2.45, 2.75) is 19.9 Å². The minimum absolute atomic E-state index is 0.0164. The van der Waals surface area contributed by atoms with E-state index in [4.69, 9.17) is 9.47 Å². The van der Waals surface area contributed by atoms with Gasteiger partial charge in [-0.2, -0.15) is 0 Å². The van der Waals surface area contributed by atoms with Crippen molar-refractivity contribution in [2.75, 3.05) is 19.5 Å². The molecule has 1 aliphatic rings. The third-order valence-electron chi connectivity index (χ3n) is 4.43. The van der Waals surface area contributed by atoms with Gasteiger partial charge in [0.15, 0.2) is 11.5 Å². The van der Waals surface area contributed by atoms with Gasteiger partial charge in [0.2, 0.25) is 5.78 Å². The number of ether oxygens (including phenoxy) is 2. The van der Waals surface area contributed by atoms with Gasteiger partial charge in [-0.1, -0.05) is 13.0 Å². The third-order valence-corrected chi connectivity index (χ3v) is 4.43. The smallest absolute Gasteiger partial charge is 0.332 e. The monoisotopic (exact) mass is 371 g/mol. The summed E-state index contributed by atoms with van der Waals surface area (Å²) in [5.74, 6) is 0.903. The lowest BCUT2D eigenvalue weighted by Gasteiger charge is -2.11. The van der Waals surface area contributed by atoms with E-state index in [1.807, 2.05) is 6.92 Å². The number of Topliss-reactive ketones (excluding diaryl/α,β-unsaturated/α-hetero) is 1. The van der Waals surface area contributed by atoms with Crippen molar-refractivity contribution < 1.29 is 14.3 Å². The molecule has 0 aliphatic carbocycles. The molecular formula is C19H21N3O5. The largest absolute Gasteiger partial charge is 0.493 e. The quantitative estimate of drug-likeness (QED) is 0.803. The molecule has 8 nitrogen and oxygen atoms in total. The predicted octanol–water partition coefficient (Wildman–Crippen LogP) is 1.62. The van der Waals surface area contributed by atoms with Crippen LogP contribution in [0, 0.1) is 0 Å². The van der Waals surface area contributed by atoms with Gasteiger partial charge in [-0.3, -0.25) is 18.7 Å². The highest BCUT2D eigenvalue weighted by atomic mass is 16.5. The van der Waals surface area contributed by atoms with E-state index >= 15 is 0 Å². The predicted molar refractivity (Wildman–Crippen MR) is 102 cm³/mol. The molecule has 0 saturated heterocycles. The van der Waals surface area contributed by atoms with Gasteiger partial charge >= 0.3 is 5.69 Å². The molecule has 2 heterocycles. The van der Waals surface area contributed by atoms with Gasteiger partial charge in [0.1, 0.15) is 11.4 Å². The number of methoxy groups -OCH3 is 2. The first kappa shape index (κ1) is 18.5. The van der Waals surface area contributed by atoms with Crippen molar-refractivity contribution in [1.82, 2.24) is 9.13 Å². The molecule has 0 radical (unpaired) electrons. The average Bonchev–Trinajstić information content (AvgIpc) is 2.99. The molecule has 0 saturated carbocycles. The molecule has 1 aromatic heterocycles. The maximum Gasteiger partial charge on any atom is 0.332 e. The van der Waals surface area contributed by atoms with Crippen LogP contribution in [0.25, 0.3) is 6.08 Å². The summed E-state index contributed by atoms with van der Waals surface area (Å²) in [5, 5.41) is 2.95. The van der Waals surface area contributed by atoms with Crippen LogP contribution in [-0.4, -0.2) is 29.1 Å². The first-order valence-electron chi connectivity index (χ1n) is 8.52. The first-order valence-corrected chi connectivity index (χ1v) is 8.52. The Morgan fingerprint density at radius 2 is 1.81 bits per heavy atom. The number of nitrogens with one attached hydrogen (secondary N) is 1. The number of nitrogens with zero attached hydrogens (tertiary/aromatic N) is 2. The van der Waals surface area contributed by atoms with E-state index in [1.54, 1.807) is 24.3 Å². The molecule has 0 atom stereocenters. The number of fused-ring (bicyclic) bond motifs is 1. The number of rotatable bonds is 5. The van der Waals surface area contributed by atoms with Crippen molar-refractivity contribution >= 4 is 17.7 Å². The highest BCUT2D eigenvalue weighted by Crippen LogP contribution is 2.30. The van der Waals surface area contributed by atoms with Crippen LogP contribution >= 0.6 is 0 Å². The molecule has 27 heavy (non-hydrogen) atoms. The third kappa shape index (κ3) is 3.03. The summed E-state index contributed by atoms with van der Waals surface area (Å²) in [7, 11) is 4.44. The molecule has 142 valence electrons. The fourth-order valence-corrected chi connectivity index (χ4v) is 3.06. The van der Waals surface area contributed by atoms with Crippen molar-refractivity contribution in [3.63, 3.8) is 0 Å². The molecule has 2 aromatic rings. The molecule has 0 fully saturated rings. The van der Waals surface area contributed by atoms with E-state index in [-0.39, 0.29) is 17.1 Å². The van der Waals surface area contributed by atoms with Crippen LogP contribution in [0.15, 0.2) is 33.5 Å². The average molecular weight is 371 g/mol. The zero-order valence-corrected chi connectivity index (χ0v) is 15.7. The summed E-state index contributed by atoms with van der Waals surface area (Å²) < 4.78 is 12.9. The van der Waals surface area contributed by atoms with Crippen LogP contribution < -0.4 is 26.0 Å². The lowest BCUT2D eigenvalue weighted by molar-refractivity contribution is 0.104. The van der Waals surface area contributed by atoms with Crippen molar-refractivity contribution in [1.29, 1.82) is 0 Å². The van der Waals surface area contributed by atoms with Gasteiger partial charge in [-0.05, 0) is 30.2 Å². The van der Waals surface area contributed by atoms with Crippen LogP contribution in [-0.2, 0) is 13.6 Å². The van der Waals surface area contributed by atoms with Gasteiger partial charge in [0, 0.05) is 13.6 Å². The lowest BCUT2D eigenvalue weighted by Crippen LogP contribution is -2.40. The highest BCUT2D eigenvalue weighted by molar-refractivity contribution is 6.19. The molecule has 0 bridgehead atoms.